The number of ether oxygens (including phenoxy) is 1. The lowest BCUT2D eigenvalue weighted by atomic mass is 9.96. The molecular formula is C22H32N2O4. The number of carbonyl (C=O) groups is 2. The number of phenols is 1. The molecule has 1 saturated heterocycles. The summed E-state index contributed by atoms with van der Waals surface area (Å²) in [5.41, 5.74) is 1.76. The Bertz CT molecular complexity index is 675. The predicted molar refractivity (Wildman–Crippen MR) is 107 cm³/mol. The number of hydrogen-bond donors (Lipinski definition) is 2. The lowest BCUT2D eigenvalue weighted by Gasteiger charge is -2.31. The van der Waals surface area contributed by atoms with Gasteiger partial charge in [0, 0.05) is 25.6 Å². The van der Waals surface area contributed by atoms with Gasteiger partial charge in [-0.1, -0.05) is 25.0 Å². The van der Waals surface area contributed by atoms with E-state index in [1.165, 1.54) is 12.8 Å². The summed E-state index contributed by atoms with van der Waals surface area (Å²) >= 11 is 0. The van der Waals surface area contributed by atoms with Crippen molar-refractivity contribution in [2.24, 2.45) is 5.92 Å². The molecule has 2 fully saturated rings. The normalized spacial score (nSPS) is 19.1. The molecule has 2 N–H and O–H groups in total. The molecule has 0 unspecified atom stereocenters. The van der Waals surface area contributed by atoms with Crippen LogP contribution in [-0.4, -0.2) is 41.2 Å². The zero-order valence-corrected chi connectivity index (χ0v) is 16.8. The summed E-state index contributed by atoms with van der Waals surface area (Å²) in [4.78, 5) is 26.6. The molecule has 2 aliphatic rings. The topological polar surface area (TPSA) is 78.9 Å². The third-order valence-electron chi connectivity index (χ3n) is 5.92. The van der Waals surface area contributed by atoms with Crippen LogP contribution in [0.4, 0.5) is 4.79 Å². The number of aryl methyl sites for hydroxylation is 1. The van der Waals surface area contributed by atoms with Crippen molar-refractivity contribution >= 4 is 12.0 Å². The Balaban J connectivity index is 1.40. The minimum atomic E-state index is -0.217. The number of nitrogens with zero attached hydrogens (tertiary/aromatic N) is 1. The van der Waals surface area contributed by atoms with Crippen LogP contribution in [0.15, 0.2) is 18.2 Å². The first-order valence-corrected chi connectivity index (χ1v) is 10.5. The molecular weight excluding hydrogens is 356 g/mol. The number of nitrogens with one attached hydrogen (secondary N) is 1. The van der Waals surface area contributed by atoms with Gasteiger partial charge < -0.3 is 20.1 Å². The van der Waals surface area contributed by atoms with Crippen molar-refractivity contribution in [3.8, 4) is 5.75 Å². The fourth-order valence-corrected chi connectivity index (χ4v) is 4.06. The zero-order valence-electron chi connectivity index (χ0n) is 16.8. The van der Waals surface area contributed by atoms with Crippen LogP contribution in [-0.2, 0) is 16.1 Å². The molecule has 0 aromatic heterocycles. The summed E-state index contributed by atoms with van der Waals surface area (Å²) < 4.78 is 5.70. The quantitative estimate of drug-likeness (QED) is 0.767. The van der Waals surface area contributed by atoms with E-state index >= 15 is 0 Å². The molecule has 3 rings (SSSR count). The zero-order chi connectivity index (χ0) is 19.9. The highest BCUT2D eigenvalue weighted by molar-refractivity contribution is 5.79. The van der Waals surface area contributed by atoms with E-state index < -0.39 is 0 Å². The Morgan fingerprint density at radius 3 is 2.43 bits per heavy atom. The third kappa shape index (κ3) is 5.63. The maximum atomic E-state index is 12.5. The molecule has 1 aromatic rings. The Morgan fingerprint density at radius 2 is 1.79 bits per heavy atom. The van der Waals surface area contributed by atoms with Gasteiger partial charge in [-0.05, 0) is 62.6 Å². The maximum absolute atomic E-state index is 12.5. The molecule has 1 aromatic carbocycles. The monoisotopic (exact) mass is 388 g/mol. The molecule has 0 bridgehead atoms. The average molecular weight is 389 g/mol. The number of phenolic OH excluding ortho intramolecular Hbond substituents is 1. The minimum absolute atomic E-state index is 0.0301. The lowest BCUT2D eigenvalue weighted by molar-refractivity contribution is -0.126. The van der Waals surface area contributed by atoms with Gasteiger partial charge in [-0.3, -0.25) is 4.79 Å². The molecule has 28 heavy (non-hydrogen) atoms. The number of carbonyl (C=O) groups excluding carboxylic acids is 2. The highest BCUT2D eigenvalue weighted by Crippen LogP contribution is 2.23. The first kappa shape index (κ1) is 20.5. The van der Waals surface area contributed by atoms with Crippen molar-refractivity contribution < 1.29 is 19.4 Å². The summed E-state index contributed by atoms with van der Waals surface area (Å²) in [5, 5.41) is 12.6. The van der Waals surface area contributed by atoms with Gasteiger partial charge in [-0.15, -0.1) is 0 Å². The molecule has 0 spiro atoms. The van der Waals surface area contributed by atoms with Gasteiger partial charge in [0.15, 0.2) is 0 Å². The first-order chi connectivity index (χ1) is 13.5. The van der Waals surface area contributed by atoms with Gasteiger partial charge in [0.1, 0.15) is 11.9 Å². The number of rotatable bonds is 4. The van der Waals surface area contributed by atoms with Crippen LogP contribution in [0.25, 0.3) is 0 Å². The lowest BCUT2D eigenvalue weighted by Crippen LogP contribution is -2.43. The highest BCUT2D eigenvalue weighted by Gasteiger charge is 2.29. The second-order valence-electron chi connectivity index (χ2n) is 8.10. The smallest absolute Gasteiger partial charge is 0.410 e. The Labute approximate surface area is 167 Å². The Hall–Kier alpha value is -2.24. The molecule has 0 radical (unpaired) electrons. The van der Waals surface area contributed by atoms with E-state index in [4.69, 9.17) is 4.74 Å². The van der Waals surface area contributed by atoms with Crippen LogP contribution >= 0.6 is 0 Å². The molecule has 154 valence electrons. The summed E-state index contributed by atoms with van der Waals surface area (Å²) in [6.45, 7) is 3.43. The number of hydrogen-bond acceptors (Lipinski definition) is 4. The second-order valence-corrected chi connectivity index (χ2v) is 8.10. The van der Waals surface area contributed by atoms with Crippen LogP contribution in [0.1, 0.15) is 62.5 Å². The summed E-state index contributed by atoms with van der Waals surface area (Å²) in [5.74, 6) is 0.223. The van der Waals surface area contributed by atoms with Gasteiger partial charge in [0.2, 0.25) is 5.91 Å². The highest BCUT2D eigenvalue weighted by atomic mass is 16.6. The van der Waals surface area contributed by atoms with Crippen LogP contribution in [0.3, 0.4) is 0 Å². The standard InChI is InChI=1S/C22H32N2O4/c1-16-14-17(8-9-20(16)25)15-23-21(26)18-10-12-24(13-11-18)22(27)28-19-6-4-2-3-5-7-19/h8-9,14,18-19,25H,2-7,10-13,15H2,1H3,(H,23,26). The van der Waals surface area contributed by atoms with E-state index in [2.05, 4.69) is 5.32 Å². The van der Waals surface area contributed by atoms with E-state index in [1.807, 2.05) is 19.1 Å². The molecule has 1 saturated carbocycles. The molecule has 1 aliphatic heterocycles. The minimum Gasteiger partial charge on any atom is -0.508 e. The van der Waals surface area contributed by atoms with Crippen LogP contribution in [0, 0.1) is 12.8 Å². The fourth-order valence-electron chi connectivity index (χ4n) is 4.06. The largest absolute Gasteiger partial charge is 0.508 e. The van der Waals surface area contributed by atoms with E-state index in [0.717, 1.165) is 36.8 Å². The summed E-state index contributed by atoms with van der Waals surface area (Å²) in [7, 11) is 0. The number of aromatic hydroxyl groups is 1. The number of benzene rings is 1. The van der Waals surface area contributed by atoms with Gasteiger partial charge in [-0.25, -0.2) is 4.79 Å². The molecule has 6 nitrogen and oxygen atoms in total. The van der Waals surface area contributed by atoms with Crippen LogP contribution < -0.4 is 5.32 Å². The second kappa shape index (κ2) is 9.80. The predicted octanol–water partition coefficient (Wildman–Crippen LogP) is 3.89. The van der Waals surface area contributed by atoms with Gasteiger partial charge >= 0.3 is 6.09 Å². The van der Waals surface area contributed by atoms with Gasteiger partial charge in [-0.2, -0.15) is 0 Å². The van der Waals surface area contributed by atoms with E-state index in [1.54, 1.807) is 11.0 Å². The van der Waals surface area contributed by atoms with E-state index in [9.17, 15) is 14.7 Å². The van der Waals surface area contributed by atoms with Gasteiger partial charge in [0.25, 0.3) is 0 Å². The van der Waals surface area contributed by atoms with Gasteiger partial charge in [0.05, 0.1) is 0 Å². The molecule has 2 amide bonds. The number of piperidine rings is 1. The fraction of sp³-hybridized carbons (Fsp3) is 0.636. The van der Waals surface area contributed by atoms with Crippen molar-refractivity contribution in [2.45, 2.75) is 70.9 Å². The van der Waals surface area contributed by atoms with Crippen LogP contribution in [0.5, 0.6) is 5.75 Å². The molecule has 1 heterocycles. The molecule has 0 atom stereocenters. The summed E-state index contributed by atoms with van der Waals surface area (Å²) in [6, 6.07) is 5.34. The van der Waals surface area contributed by atoms with E-state index in [0.29, 0.717) is 32.5 Å². The number of amides is 2. The Morgan fingerprint density at radius 1 is 1.11 bits per heavy atom. The van der Waals surface area contributed by atoms with Crippen LogP contribution in [0.2, 0.25) is 0 Å². The number of likely N-dealkylation sites (tertiary alicyclic amines) is 1. The Kier molecular flexibility index (Phi) is 7.18. The maximum Gasteiger partial charge on any atom is 0.410 e. The SMILES string of the molecule is Cc1cc(CNC(=O)C2CCN(C(=O)OC3CCCCCC3)CC2)ccc1O. The van der Waals surface area contributed by atoms with Crippen molar-refractivity contribution in [1.29, 1.82) is 0 Å². The van der Waals surface area contributed by atoms with Crippen molar-refractivity contribution in [3.63, 3.8) is 0 Å². The third-order valence-corrected chi connectivity index (χ3v) is 5.92. The van der Waals surface area contributed by atoms with Crippen molar-refractivity contribution in [1.82, 2.24) is 10.2 Å². The molecule has 6 heteroatoms. The van der Waals surface area contributed by atoms with E-state index in [-0.39, 0.29) is 29.8 Å². The molecule has 1 aliphatic carbocycles. The van der Waals surface area contributed by atoms with Crippen molar-refractivity contribution in [3.05, 3.63) is 29.3 Å². The average Bonchev–Trinajstić information content (AvgIpc) is 2.97. The van der Waals surface area contributed by atoms with Crippen molar-refractivity contribution in [2.75, 3.05) is 13.1 Å². The summed E-state index contributed by atoms with van der Waals surface area (Å²) in [6.07, 6.45) is 7.87. The first-order valence-electron chi connectivity index (χ1n) is 10.5.